The molecule has 0 spiro atoms. The first-order valence-corrected chi connectivity index (χ1v) is 9.82. The van der Waals surface area contributed by atoms with Crippen molar-refractivity contribution in [3.8, 4) is 5.75 Å². The van der Waals surface area contributed by atoms with Crippen LogP contribution in [0.5, 0.6) is 5.75 Å². The van der Waals surface area contributed by atoms with Gasteiger partial charge in [-0.05, 0) is 52.3 Å². The fourth-order valence-electron chi connectivity index (χ4n) is 1.86. The summed E-state index contributed by atoms with van der Waals surface area (Å²) in [5.74, 6) is 0.380. The van der Waals surface area contributed by atoms with Crippen LogP contribution in [0.3, 0.4) is 0 Å². The Hall–Kier alpha value is -1.74. The quantitative estimate of drug-likeness (QED) is 0.561. The molecule has 0 radical (unpaired) electrons. The maximum Gasteiger partial charge on any atom is 0.286 e. The molecule has 9 heteroatoms. The summed E-state index contributed by atoms with van der Waals surface area (Å²) in [4.78, 5) is 13.2. The number of methoxy groups -OCH3 is 1. The summed E-state index contributed by atoms with van der Waals surface area (Å²) >= 11 is 12.4. The molecule has 128 valence electrons. The molecule has 1 aromatic carbocycles. The van der Waals surface area contributed by atoms with E-state index in [2.05, 4.69) is 31.4 Å². The number of hydrogen-bond donors (Lipinski definition) is 1. The number of anilines is 1. The van der Waals surface area contributed by atoms with Crippen molar-refractivity contribution in [1.29, 1.82) is 0 Å². The van der Waals surface area contributed by atoms with E-state index in [0.29, 0.717) is 21.5 Å². The molecule has 1 N–H and O–H groups in total. The van der Waals surface area contributed by atoms with Gasteiger partial charge in [0.25, 0.3) is 5.91 Å². The van der Waals surface area contributed by atoms with Gasteiger partial charge in [-0.2, -0.15) is 0 Å². The van der Waals surface area contributed by atoms with E-state index in [1.807, 2.05) is 11.4 Å². The van der Waals surface area contributed by atoms with Crippen molar-refractivity contribution in [2.45, 2.75) is 0 Å². The highest BCUT2D eigenvalue weighted by Crippen LogP contribution is 2.29. The molecule has 25 heavy (non-hydrogen) atoms. The molecule has 0 aliphatic carbocycles. The molecule has 2 heterocycles. The van der Waals surface area contributed by atoms with Gasteiger partial charge in [-0.15, -0.1) is 21.5 Å². The van der Waals surface area contributed by atoms with E-state index < -0.39 is 0 Å². The average Bonchev–Trinajstić information content (AvgIpc) is 3.25. The number of nitrogens with one attached hydrogen (secondary N) is 1. The number of carbonyl (C=O) groups excluding carboxylic acids is 1. The van der Waals surface area contributed by atoms with E-state index in [1.54, 1.807) is 48.8 Å². The molecule has 0 saturated carbocycles. The monoisotopic (exact) mass is 455 g/mol. The van der Waals surface area contributed by atoms with Crippen LogP contribution in [0.25, 0.3) is 11.1 Å². The van der Waals surface area contributed by atoms with Gasteiger partial charge in [0.05, 0.1) is 12.1 Å². The maximum absolute atomic E-state index is 12.3. The molecule has 0 saturated heterocycles. The number of benzene rings is 1. The van der Waals surface area contributed by atoms with Crippen LogP contribution in [-0.4, -0.2) is 23.2 Å². The van der Waals surface area contributed by atoms with Crippen molar-refractivity contribution < 1.29 is 9.53 Å². The van der Waals surface area contributed by atoms with Crippen molar-refractivity contribution in [2.75, 3.05) is 12.4 Å². The van der Waals surface area contributed by atoms with Crippen LogP contribution in [0.1, 0.15) is 19.7 Å². The molecule has 3 aromatic rings. The summed E-state index contributed by atoms with van der Waals surface area (Å²) in [5.41, 5.74) is 0.646. The fourth-order valence-corrected chi connectivity index (χ4v) is 4.22. The lowest BCUT2D eigenvalue weighted by atomic mass is 10.3. The number of aromatic nitrogens is 2. The molecular weight excluding hydrogens is 446 g/mol. The fraction of sp³-hybridized carbons (Fsp3) is 0.0625. The molecule has 2 aromatic heterocycles. The maximum atomic E-state index is 12.3. The number of ether oxygens (including phenoxy) is 1. The van der Waals surface area contributed by atoms with Crippen LogP contribution in [0, 0.1) is 0 Å². The van der Waals surface area contributed by atoms with Gasteiger partial charge in [-0.25, -0.2) is 0 Å². The Morgan fingerprint density at radius 2 is 2.00 bits per heavy atom. The first-order valence-electron chi connectivity index (χ1n) is 6.95. The van der Waals surface area contributed by atoms with Crippen LogP contribution in [0.2, 0.25) is 0 Å². The number of hydrogen-bond acceptors (Lipinski definition) is 6. The molecule has 0 unspecified atom stereocenters. The average molecular weight is 457 g/mol. The molecule has 0 aliphatic rings. The Morgan fingerprint density at radius 1 is 1.28 bits per heavy atom. The summed E-state index contributed by atoms with van der Waals surface area (Å²) < 4.78 is 6.07. The van der Waals surface area contributed by atoms with Gasteiger partial charge in [-0.1, -0.05) is 22.9 Å². The van der Waals surface area contributed by atoms with Gasteiger partial charge < -0.3 is 10.1 Å². The number of halogens is 2. The number of amides is 1. The number of thiophene rings is 1. The molecule has 0 fully saturated rings. The minimum absolute atomic E-state index is 0.240. The predicted octanol–water partition coefficient (Wildman–Crippen LogP) is 5.36. The van der Waals surface area contributed by atoms with Crippen molar-refractivity contribution in [3.63, 3.8) is 0 Å². The minimum Gasteiger partial charge on any atom is -0.497 e. The lowest BCUT2D eigenvalue weighted by Gasteiger charge is -2.03. The van der Waals surface area contributed by atoms with Crippen LogP contribution < -0.4 is 10.1 Å². The highest BCUT2D eigenvalue weighted by atomic mass is 79.9. The first-order chi connectivity index (χ1) is 12.0. The van der Waals surface area contributed by atoms with Gasteiger partial charge >= 0.3 is 0 Å². The summed E-state index contributed by atoms with van der Waals surface area (Å²) in [6, 6.07) is 8.98. The summed E-state index contributed by atoms with van der Waals surface area (Å²) in [6.45, 7) is 0. The Kier molecular flexibility index (Phi) is 5.85. The van der Waals surface area contributed by atoms with Crippen LogP contribution in [0.4, 0.5) is 5.69 Å². The normalized spacial score (nSPS) is 11.4. The molecule has 3 rings (SSSR count). The van der Waals surface area contributed by atoms with Crippen LogP contribution in [0.15, 0.2) is 40.2 Å². The van der Waals surface area contributed by atoms with Crippen LogP contribution >= 0.6 is 50.2 Å². The SMILES string of the molecule is COc1ccc(NC(=O)c2nnc(/C(Cl)=C/c3cc(Br)cs3)s2)cc1. The minimum atomic E-state index is -0.336. The zero-order valence-electron chi connectivity index (χ0n) is 12.8. The molecule has 5 nitrogen and oxygen atoms in total. The molecule has 0 aliphatic heterocycles. The second-order valence-corrected chi connectivity index (χ2v) is 8.00. The number of nitrogens with zero attached hydrogens (tertiary/aromatic N) is 2. The van der Waals surface area contributed by atoms with E-state index in [4.69, 9.17) is 16.3 Å². The molecule has 0 atom stereocenters. The number of carbonyl (C=O) groups is 1. The summed E-state index contributed by atoms with van der Waals surface area (Å²) in [7, 11) is 1.59. The summed E-state index contributed by atoms with van der Waals surface area (Å²) in [5, 5.41) is 13.8. The predicted molar refractivity (Wildman–Crippen MR) is 107 cm³/mol. The lowest BCUT2D eigenvalue weighted by molar-refractivity contribution is 0.102. The van der Waals surface area contributed by atoms with Gasteiger partial charge in [0.2, 0.25) is 5.01 Å². The van der Waals surface area contributed by atoms with E-state index in [-0.39, 0.29) is 10.9 Å². The van der Waals surface area contributed by atoms with Gasteiger partial charge in [-0.3, -0.25) is 4.79 Å². The highest BCUT2D eigenvalue weighted by Gasteiger charge is 2.15. The molecule has 0 bridgehead atoms. The third-order valence-corrected chi connectivity index (χ3v) is 6.02. The van der Waals surface area contributed by atoms with E-state index in [9.17, 15) is 4.79 Å². The van der Waals surface area contributed by atoms with Crippen molar-refractivity contribution in [2.24, 2.45) is 0 Å². The van der Waals surface area contributed by atoms with Crippen LogP contribution in [-0.2, 0) is 0 Å². The van der Waals surface area contributed by atoms with Gasteiger partial charge in [0.15, 0.2) is 5.01 Å². The van der Waals surface area contributed by atoms with Gasteiger partial charge in [0, 0.05) is 20.4 Å². The van der Waals surface area contributed by atoms with Gasteiger partial charge in [0.1, 0.15) is 5.75 Å². The largest absolute Gasteiger partial charge is 0.497 e. The Bertz CT molecular complexity index is 922. The van der Waals surface area contributed by atoms with E-state index in [1.165, 1.54) is 0 Å². The molecular formula is C16H11BrClN3O2S2. The highest BCUT2D eigenvalue weighted by molar-refractivity contribution is 9.10. The Morgan fingerprint density at radius 3 is 2.64 bits per heavy atom. The summed E-state index contributed by atoms with van der Waals surface area (Å²) in [6.07, 6.45) is 1.79. The van der Waals surface area contributed by atoms with E-state index in [0.717, 1.165) is 20.7 Å². The third kappa shape index (κ3) is 4.66. The van der Waals surface area contributed by atoms with Crippen molar-refractivity contribution >= 4 is 72.9 Å². The first kappa shape index (κ1) is 18.1. The zero-order valence-corrected chi connectivity index (χ0v) is 16.8. The topological polar surface area (TPSA) is 64.1 Å². The van der Waals surface area contributed by atoms with Crippen molar-refractivity contribution in [3.05, 3.63) is 55.1 Å². The number of rotatable bonds is 5. The standard InChI is InChI=1S/C16H11BrClN3O2S2/c1-23-11-4-2-10(3-5-11)19-14(22)16-21-20-15(25-16)13(18)7-12-6-9(17)8-24-12/h2-8H,1H3,(H,19,22)/b13-7-. The smallest absolute Gasteiger partial charge is 0.286 e. The Balaban J connectivity index is 1.71. The van der Waals surface area contributed by atoms with Crippen molar-refractivity contribution in [1.82, 2.24) is 10.2 Å². The Labute approximate surface area is 165 Å². The molecule has 1 amide bonds. The van der Waals surface area contributed by atoms with E-state index >= 15 is 0 Å². The lowest BCUT2D eigenvalue weighted by Crippen LogP contribution is -2.11. The second-order valence-electron chi connectivity index (χ2n) is 4.75. The second kappa shape index (κ2) is 8.09. The zero-order chi connectivity index (χ0) is 17.8. The third-order valence-electron chi connectivity index (χ3n) is 3.03.